The third kappa shape index (κ3) is 6.46. The van der Waals surface area contributed by atoms with Gasteiger partial charge in [0.25, 0.3) is 5.88 Å². The first-order valence-corrected chi connectivity index (χ1v) is 11.3. The fraction of sp³-hybridized carbons (Fsp3) is 0.429. The second-order valence-electron chi connectivity index (χ2n) is 7.86. The summed E-state index contributed by atoms with van der Waals surface area (Å²) >= 11 is 1.15. The van der Waals surface area contributed by atoms with Crippen LogP contribution >= 0.6 is 11.8 Å². The number of rotatable bonds is 8. The van der Waals surface area contributed by atoms with Crippen molar-refractivity contribution in [1.82, 2.24) is 5.01 Å². The molecule has 34 heavy (non-hydrogen) atoms. The number of hydrazine groups is 1. The first kappa shape index (κ1) is 26.6. The Morgan fingerprint density at radius 3 is 2.59 bits per heavy atom. The first-order valence-electron chi connectivity index (χ1n) is 10.0. The van der Waals surface area contributed by atoms with Crippen LogP contribution in [-0.2, 0) is 14.3 Å². The Balaban J connectivity index is 2.54. The Hall–Kier alpha value is -3.63. The van der Waals surface area contributed by atoms with Gasteiger partial charge in [-0.05, 0) is 52.1 Å². The number of thioether (sulfide) groups is 1. The maximum Gasteiger partial charge on any atom is 0.352 e. The minimum absolute atomic E-state index is 0.0121. The van der Waals surface area contributed by atoms with Gasteiger partial charge in [0.1, 0.15) is 23.1 Å². The fourth-order valence-electron chi connectivity index (χ4n) is 2.83. The van der Waals surface area contributed by atoms with Gasteiger partial charge in [-0.1, -0.05) is 0 Å². The van der Waals surface area contributed by atoms with Crippen molar-refractivity contribution in [2.75, 3.05) is 12.9 Å². The molecule has 2 N–H and O–H groups in total. The molecule has 1 atom stereocenters. The van der Waals surface area contributed by atoms with Gasteiger partial charge in [0.2, 0.25) is 0 Å². The summed E-state index contributed by atoms with van der Waals surface area (Å²) in [6.07, 6.45) is 1.21. The second-order valence-corrected chi connectivity index (χ2v) is 8.75. The van der Waals surface area contributed by atoms with Crippen molar-refractivity contribution in [2.24, 2.45) is 10.8 Å². The highest BCUT2D eigenvalue weighted by atomic mass is 32.2. The largest absolute Gasteiger partial charge is 0.466 e. The lowest BCUT2D eigenvalue weighted by molar-refractivity contribution is -0.419. The summed E-state index contributed by atoms with van der Waals surface area (Å²) in [5, 5.41) is 22.2. The lowest BCUT2D eigenvalue weighted by Gasteiger charge is -2.30. The van der Waals surface area contributed by atoms with Gasteiger partial charge < -0.3 is 14.2 Å². The first-order chi connectivity index (χ1) is 15.9. The summed E-state index contributed by atoms with van der Waals surface area (Å²) in [5.74, 6) is 4.19. The highest BCUT2D eigenvalue weighted by Crippen LogP contribution is 2.30. The molecule has 1 aliphatic heterocycles. The number of ether oxygens (including phenoxy) is 3. The molecule has 182 valence electrons. The third-order valence-electron chi connectivity index (χ3n) is 4.17. The smallest absolute Gasteiger partial charge is 0.352 e. The van der Waals surface area contributed by atoms with E-state index < -0.39 is 46.0 Å². The van der Waals surface area contributed by atoms with Crippen molar-refractivity contribution in [3.05, 3.63) is 51.0 Å². The quantitative estimate of drug-likeness (QED) is 0.245. The van der Waals surface area contributed by atoms with Crippen LogP contribution in [0.4, 0.5) is 0 Å². The summed E-state index contributed by atoms with van der Waals surface area (Å²) in [6.45, 7) is 6.73. The number of nitrogens with zero attached hydrogens (tertiary/aromatic N) is 4. The highest BCUT2D eigenvalue weighted by Gasteiger charge is 2.39. The van der Waals surface area contributed by atoms with Crippen molar-refractivity contribution in [1.29, 1.82) is 5.26 Å². The van der Waals surface area contributed by atoms with E-state index in [2.05, 4.69) is 4.99 Å². The minimum Gasteiger partial charge on any atom is -0.466 e. The van der Waals surface area contributed by atoms with Gasteiger partial charge in [0.05, 0.1) is 29.1 Å². The maximum atomic E-state index is 12.6. The van der Waals surface area contributed by atoms with E-state index in [1.54, 1.807) is 34.0 Å². The van der Waals surface area contributed by atoms with E-state index in [-0.39, 0.29) is 29.2 Å². The van der Waals surface area contributed by atoms with Crippen LogP contribution in [0.5, 0.6) is 5.75 Å². The van der Waals surface area contributed by atoms with Crippen LogP contribution in [0.1, 0.15) is 50.0 Å². The Morgan fingerprint density at radius 2 is 2.06 bits per heavy atom. The highest BCUT2D eigenvalue weighted by molar-refractivity contribution is 7.99. The normalized spacial score (nSPS) is 15.9. The second kappa shape index (κ2) is 11.0. The van der Waals surface area contributed by atoms with Gasteiger partial charge in [-0.15, -0.1) is 11.8 Å². The molecule has 1 aromatic rings. The number of nitro groups is 1. The van der Waals surface area contributed by atoms with E-state index in [1.807, 2.05) is 6.07 Å². The van der Waals surface area contributed by atoms with Gasteiger partial charge in [0, 0.05) is 0 Å². The van der Waals surface area contributed by atoms with Gasteiger partial charge in [0.15, 0.2) is 5.50 Å². The summed E-state index contributed by atoms with van der Waals surface area (Å²) in [4.78, 5) is 39.9. The number of carbonyl (C=O) groups is 2. The summed E-state index contributed by atoms with van der Waals surface area (Å²) in [6, 6.07) is 5.81. The third-order valence-corrected chi connectivity index (χ3v) is 4.92. The molecule has 0 saturated heterocycles. The molecule has 1 unspecified atom stereocenters. The predicted molar refractivity (Wildman–Crippen MR) is 123 cm³/mol. The molecule has 0 fully saturated rings. The molecule has 0 aliphatic carbocycles. The number of benzene rings is 1. The van der Waals surface area contributed by atoms with Gasteiger partial charge in [-0.3, -0.25) is 14.9 Å². The van der Waals surface area contributed by atoms with E-state index in [0.29, 0.717) is 0 Å². The molecule has 1 aliphatic rings. The summed E-state index contributed by atoms with van der Waals surface area (Å²) in [5.41, 5.74) is -2.48. The van der Waals surface area contributed by atoms with Crippen molar-refractivity contribution in [2.45, 2.75) is 45.2 Å². The van der Waals surface area contributed by atoms with Crippen LogP contribution < -0.4 is 10.6 Å². The van der Waals surface area contributed by atoms with Gasteiger partial charge in [-0.2, -0.15) is 5.26 Å². The monoisotopic (exact) mass is 491 g/mol. The standard InChI is InChI=1S/C21H25N5O7S/c1-6-31-16(27)10-15-17(26(29)30)18(25(23)20(24-15)34-5)32-13-8-7-12(11-22)14(9-13)19(28)33-21(2,3)4/h7-9,20H,6,10,23H2,1-5H3. The van der Waals surface area contributed by atoms with E-state index in [4.69, 9.17) is 20.1 Å². The average Bonchev–Trinajstić information content (AvgIpc) is 2.74. The molecule has 2 rings (SSSR count). The Morgan fingerprint density at radius 1 is 1.38 bits per heavy atom. The summed E-state index contributed by atoms with van der Waals surface area (Å²) < 4.78 is 16.0. The molecule has 0 saturated carbocycles. The fourth-order valence-corrected chi connectivity index (χ4v) is 3.39. The van der Waals surface area contributed by atoms with Crippen LogP contribution in [0.2, 0.25) is 0 Å². The predicted octanol–water partition coefficient (Wildman–Crippen LogP) is 2.57. The molecule has 12 nitrogen and oxygen atoms in total. The number of nitriles is 1. The number of nitrogens with two attached hydrogens (primary N) is 1. The Labute approximate surface area is 200 Å². The molecule has 0 amide bonds. The topological polar surface area (TPSA) is 170 Å². The molecular weight excluding hydrogens is 466 g/mol. The van der Waals surface area contributed by atoms with Crippen LogP contribution in [0.3, 0.4) is 0 Å². The van der Waals surface area contributed by atoms with E-state index in [0.717, 1.165) is 16.8 Å². The molecule has 0 radical (unpaired) electrons. The molecule has 13 heteroatoms. The van der Waals surface area contributed by atoms with E-state index >= 15 is 0 Å². The van der Waals surface area contributed by atoms with Gasteiger partial charge >= 0.3 is 17.6 Å². The molecule has 1 aromatic carbocycles. The minimum atomic E-state index is -0.827. The van der Waals surface area contributed by atoms with Crippen molar-refractivity contribution < 1.29 is 28.7 Å². The lowest BCUT2D eigenvalue weighted by atomic mass is 10.1. The lowest BCUT2D eigenvalue weighted by Crippen LogP contribution is -2.45. The summed E-state index contributed by atoms with van der Waals surface area (Å²) in [7, 11) is 0. The van der Waals surface area contributed by atoms with Gasteiger partial charge in [-0.25, -0.2) is 20.6 Å². The van der Waals surface area contributed by atoms with Crippen molar-refractivity contribution in [3.63, 3.8) is 0 Å². The number of carbonyl (C=O) groups excluding carboxylic acids is 2. The average molecular weight is 492 g/mol. The van der Waals surface area contributed by atoms with Crippen LogP contribution in [0, 0.1) is 21.4 Å². The maximum absolute atomic E-state index is 12.6. The van der Waals surface area contributed by atoms with Crippen molar-refractivity contribution in [3.8, 4) is 11.8 Å². The molecule has 0 aromatic heterocycles. The Kier molecular flexibility index (Phi) is 8.61. The number of allylic oxidation sites excluding steroid dienone is 1. The van der Waals surface area contributed by atoms with Crippen LogP contribution in [0.25, 0.3) is 0 Å². The van der Waals surface area contributed by atoms with Crippen LogP contribution in [-0.4, -0.2) is 51.5 Å². The SMILES string of the molecule is CCOC(=O)CC1=NC(SC)N(N)C(Oc2ccc(C#N)c(C(=O)OC(C)(C)C)c2)=C1[N+](=O)[O-]. The zero-order chi connectivity index (χ0) is 25.6. The van der Waals surface area contributed by atoms with Crippen molar-refractivity contribution >= 4 is 29.4 Å². The Bertz CT molecular complexity index is 1090. The number of aliphatic imine (C=N–C) groups is 1. The number of hydrogen-bond acceptors (Lipinski definition) is 12. The van der Waals surface area contributed by atoms with E-state index in [9.17, 15) is 25.0 Å². The molecule has 0 spiro atoms. The molecule has 0 bridgehead atoms. The van der Waals surface area contributed by atoms with E-state index in [1.165, 1.54) is 18.2 Å². The molecule has 1 heterocycles. The number of hydrogen-bond donors (Lipinski definition) is 1. The zero-order valence-corrected chi connectivity index (χ0v) is 20.2. The van der Waals surface area contributed by atoms with Crippen LogP contribution in [0.15, 0.2) is 34.8 Å². The number of esters is 2. The zero-order valence-electron chi connectivity index (χ0n) is 19.4. The molecular formula is C21H25N5O7S.